The van der Waals surface area contributed by atoms with Gasteiger partial charge in [-0.05, 0) is 91.8 Å². The van der Waals surface area contributed by atoms with Gasteiger partial charge in [0.25, 0.3) is 5.91 Å². The van der Waals surface area contributed by atoms with Gasteiger partial charge in [0.15, 0.2) is 0 Å². The number of hydrogen-bond acceptors (Lipinski definition) is 7. The number of halogens is 1. The molecule has 0 aromatic heterocycles. The Hall–Kier alpha value is -2.33. The fourth-order valence-corrected chi connectivity index (χ4v) is 8.68. The number of carbonyl (C=O) groups excluding carboxylic acids is 1. The van der Waals surface area contributed by atoms with Crippen LogP contribution in [-0.4, -0.2) is 65.2 Å². The van der Waals surface area contributed by atoms with Crippen molar-refractivity contribution in [1.82, 2.24) is 4.72 Å². The van der Waals surface area contributed by atoms with Crippen LogP contribution in [0, 0.1) is 11.8 Å². The van der Waals surface area contributed by atoms with Crippen molar-refractivity contribution in [1.29, 1.82) is 0 Å². The molecule has 2 aliphatic carbocycles. The second kappa shape index (κ2) is 10.7. The minimum Gasteiger partial charge on any atom is -0.490 e. The lowest BCUT2D eigenvalue weighted by atomic mass is 9.67. The Labute approximate surface area is 246 Å². The summed E-state index contributed by atoms with van der Waals surface area (Å²) in [5.74, 6) is 0.691. The summed E-state index contributed by atoms with van der Waals surface area (Å²) < 4.78 is 46.6. The fraction of sp³-hybridized carbons (Fsp3) is 0.581. The maximum Gasteiger partial charge on any atom is 0.264 e. The maximum absolute atomic E-state index is 13.2. The molecule has 4 bridgehead atoms. The lowest BCUT2D eigenvalue weighted by Gasteiger charge is -2.47. The van der Waals surface area contributed by atoms with Crippen LogP contribution in [0.4, 0.5) is 5.69 Å². The third kappa shape index (κ3) is 5.35. The number of nitrogens with one attached hydrogen (secondary N) is 1. The molecule has 2 aromatic rings. The second-order valence-corrected chi connectivity index (χ2v) is 14.7. The van der Waals surface area contributed by atoms with E-state index < -0.39 is 15.9 Å². The molecule has 2 fully saturated rings. The summed E-state index contributed by atoms with van der Waals surface area (Å²) in [4.78, 5) is 15.6. The first-order valence-electron chi connectivity index (χ1n) is 14.9. The van der Waals surface area contributed by atoms with E-state index in [0.29, 0.717) is 30.6 Å². The van der Waals surface area contributed by atoms with Gasteiger partial charge in [-0.15, -0.1) is 0 Å². The molecule has 0 radical (unpaired) electrons. The Kier molecular flexibility index (Phi) is 7.20. The van der Waals surface area contributed by atoms with E-state index in [-0.39, 0.29) is 30.0 Å². The van der Waals surface area contributed by atoms with Gasteiger partial charge in [-0.2, -0.15) is 0 Å². The van der Waals surface area contributed by atoms with Gasteiger partial charge in [0.2, 0.25) is 10.0 Å². The molecule has 10 heteroatoms. The zero-order valence-electron chi connectivity index (χ0n) is 23.1. The molecule has 1 amide bonds. The minimum atomic E-state index is -3.86. The van der Waals surface area contributed by atoms with Crippen molar-refractivity contribution in [2.75, 3.05) is 43.6 Å². The van der Waals surface area contributed by atoms with E-state index in [0.717, 1.165) is 74.5 Å². The molecule has 5 aliphatic rings. The maximum atomic E-state index is 13.2. The normalized spacial score (nSPS) is 32.9. The largest absolute Gasteiger partial charge is 0.490 e. The summed E-state index contributed by atoms with van der Waals surface area (Å²) in [5.41, 5.74) is 3.49. The average molecular weight is 601 g/mol. The molecule has 1 N–H and O–H groups in total. The fourth-order valence-electron chi connectivity index (χ4n) is 7.67. The smallest absolute Gasteiger partial charge is 0.264 e. The molecule has 1 spiro atoms. The Bertz CT molecular complexity index is 1450. The second-order valence-electron chi connectivity index (χ2n) is 12.5. The van der Waals surface area contributed by atoms with E-state index in [2.05, 4.69) is 21.8 Å². The first-order chi connectivity index (χ1) is 19.8. The van der Waals surface area contributed by atoms with Crippen LogP contribution in [0.3, 0.4) is 0 Å². The van der Waals surface area contributed by atoms with Crippen molar-refractivity contribution < 1.29 is 27.4 Å². The molecular weight excluding hydrogens is 564 g/mol. The topological polar surface area (TPSA) is 94.2 Å². The van der Waals surface area contributed by atoms with Gasteiger partial charge >= 0.3 is 0 Å². The van der Waals surface area contributed by atoms with Crippen LogP contribution in [0.2, 0.25) is 5.02 Å². The van der Waals surface area contributed by atoms with Crippen LogP contribution in [-0.2, 0) is 31.3 Å². The summed E-state index contributed by atoms with van der Waals surface area (Å²) in [6.45, 7) is 2.77. The first-order valence-corrected chi connectivity index (χ1v) is 16.9. The highest BCUT2D eigenvalue weighted by atomic mass is 35.5. The Morgan fingerprint density at radius 2 is 1.95 bits per heavy atom. The molecule has 5 atom stereocenters. The van der Waals surface area contributed by atoms with Crippen molar-refractivity contribution in [3.8, 4) is 5.75 Å². The lowest BCUT2D eigenvalue weighted by molar-refractivity contribution is -0.115. The van der Waals surface area contributed by atoms with E-state index >= 15 is 0 Å². The molecule has 1 saturated heterocycles. The number of ether oxygens (including phenoxy) is 3. The summed E-state index contributed by atoms with van der Waals surface area (Å²) >= 11 is 6.40. The average Bonchev–Trinajstić information content (AvgIpc) is 3.07. The van der Waals surface area contributed by atoms with Crippen molar-refractivity contribution in [2.24, 2.45) is 11.8 Å². The molecular formula is C31H37ClN2O6S. The molecule has 41 heavy (non-hydrogen) atoms. The van der Waals surface area contributed by atoms with Crippen molar-refractivity contribution in [3.63, 3.8) is 0 Å². The molecule has 0 unspecified atom stereocenters. The van der Waals surface area contributed by atoms with Gasteiger partial charge < -0.3 is 19.1 Å². The zero-order valence-corrected chi connectivity index (χ0v) is 24.7. The number of hydrogen-bond donors (Lipinski definition) is 1. The van der Waals surface area contributed by atoms with Gasteiger partial charge in [-0.1, -0.05) is 17.7 Å². The minimum absolute atomic E-state index is 0.0337. The van der Waals surface area contributed by atoms with Gasteiger partial charge in [-0.3, -0.25) is 4.79 Å². The highest BCUT2D eigenvalue weighted by Gasteiger charge is 2.45. The molecule has 3 heterocycles. The highest BCUT2D eigenvalue weighted by molar-refractivity contribution is 7.90. The standard InChI is InChI=1S/C31H37ClN2O6S/c32-23-5-7-26-20(14-23)2-1-10-31(26)18-34-17-22-3-6-25(22)29-16-24(9-11-39-29)38-12-13-41(36,37)33-30(35)21-4-8-28(40-19-31)27(34)15-21/h4-5,7-8,14-15,22,24-25,29H,1-3,6,9-13,16-19H2,(H,33,35)/t22-,24-,25-,29-,31-/m0/s1. The molecule has 220 valence electrons. The van der Waals surface area contributed by atoms with E-state index in [9.17, 15) is 13.2 Å². The molecule has 3 aliphatic heterocycles. The van der Waals surface area contributed by atoms with Crippen LogP contribution in [0.15, 0.2) is 36.4 Å². The number of anilines is 1. The van der Waals surface area contributed by atoms with Crippen LogP contribution in [0.25, 0.3) is 0 Å². The SMILES string of the molecule is O=C1NS(=O)(=O)CCO[C@H]2CCO[C@@H](C2)[C@H]2CC[C@H]2CN2C[C@@]3(CCCc4cc(Cl)ccc43)COc3ccc1cc32. The van der Waals surface area contributed by atoms with Gasteiger partial charge in [-0.25, -0.2) is 13.1 Å². The first kappa shape index (κ1) is 27.5. The van der Waals surface area contributed by atoms with E-state index in [1.807, 2.05) is 12.1 Å². The monoisotopic (exact) mass is 600 g/mol. The number of sulfonamides is 1. The summed E-state index contributed by atoms with van der Waals surface area (Å²) in [6, 6.07) is 11.5. The Balaban J connectivity index is 1.28. The quantitative estimate of drug-likeness (QED) is 0.477. The van der Waals surface area contributed by atoms with Crippen molar-refractivity contribution >= 4 is 33.2 Å². The number of fused-ring (bicyclic) bond motifs is 7. The van der Waals surface area contributed by atoms with E-state index in [1.54, 1.807) is 12.1 Å². The molecule has 2 aromatic carbocycles. The van der Waals surface area contributed by atoms with Crippen LogP contribution in [0.1, 0.15) is 60.0 Å². The van der Waals surface area contributed by atoms with E-state index in [4.69, 9.17) is 25.8 Å². The van der Waals surface area contributed by atoms with Crippen LogP contribution < -0.4 is 14.4 Å². The predicted molar refractivity (Wildman–Crippen MR) is 156 cm³/mol. The van der Waals surface area contributed by atoms with Crippen LogP contribution in [0.5, 0.6) is 5.75 Å². The van der Waals surface area contributed by atoms with E-state index in [1.165, 1.54) is 11.1 Å². The predicted octanol–water partition coefficient (Wildman–Crippen LogP) is 4.48. The van der Waals surface area contributed by atoms with Crippen LogP contribution >= 0.6 is 11.6 Å². The summed E-state index contributed by atoms with van der Waals surface area (Å²) in [6.07, 6.45) is 6.89. The number of aryl methyl sites for hydroxylation is 1. The molecule has 7 rings (SSSR count). The lowest BCUT2D eigenvalue weighted by Crippen LogP contribution is -2.51. The summed E-state index contributed by atoms with van der Waals surface area (Å²) in [7, 11) is -3.86. The third-order valence-corrected chi connectivity index (χ3v) is 11.4. The van der Waals surface area contributed by atoms with Gasteiger partial charge in [0.1, 0.15) is 5.75 Å². The summed E-state index contributed by atoms with van der Waals surface area (Å²) in [5, 5.41) is 0.751. The highest BCUT2D eigenvalue weighted by Crippen LogP contribution is 2.47. The van der Waals surface area contributed by atoms with Crippen molar-refractivity contribution in [3.05, 3.63) is 58.1 Å². The van der Waals surface area contributed by atoms with Gasteiger partial charge in [0.05, 0.1) is 36.9 Å². The number of rotatable bonds is 0. The third-order valence-electron chi connectivity index (χ3n) is 9.93. The zero-order chi connectivity index (χ0) is 28.2. The molecule has 8 nitrogen and oxygen atoms in total. The number of benzene rings is 2. The number of nitrogens with zero attached hydrogens (tertiary/aromatic N) is 1. The number of amides is 1. The van der Waals surface area contributed by atoms with Crippen molar-refractivity contribution in [2.45, 2.75) is 62.6 Å². The Morgan fingerprint density at radius 1 is 1.05 bits per heavy atom. The Morgan fingerprint density at radius 3 is 2.80 bits per heavy atom. The number of carbonyl (C=O) groups is 1. The molecule has 1 saturated carbocycles. The van der Waals surface area contributed by atoms with Gasteiger partial charge in [0, 0.05) is 42.1 Å².